The average Bonchev–Trinajstić information content (AvgIpc) is 2.03. The number of hydrazine groups is 1. The lowest BCUT2D eigenvalue weighted by Gasteiger charge is -2.05. The van der Waals surface area contributed by atoms with Crippen LogP contribution in [0.15, 0.2) is 18.2 Å². The van der Waals surface area contributed by atoms with Crippen molar-refractivity contribution in [3.05, 3.63) is 34.9 Å². The molecule has 0 radical (unpaired) electrons. The third-order valence-electron chi connectivity index (χ3n) is 2.04. The van der Waals surface area contributed by atoms with E-state index in [-0.39, 0.29) is 0 Å². The minimum atomic E-state index is 0.837. The molecule has 12 heavy (non-hydrogen) atoms. The fraction of sp³-hybridized carbons (Fsp3) is 0.400. The maximum Gasteiger partial charge on any atom is 0.0138 e. The molecule has 1 rings (SSSR count). The summed E-state index contributed by atoms with van der Waals surface area (Å²) in [6.45, 7) is 5.08. The van der Waals surface area contributed by atoms with Crippen LogP contribution in [0.5, 0.6) is 0 Å². The van der Waals surface area contributed by atoms with Gasteiger partial charge in [0, 0.05) is 6.54 Å². The second-order valence-electron chi connectivity index (χ2n) is 3.13. The molecular formula is C10H16N2. The summed E-state index contributed by atoms with van der Waals surface area (Å²) in [6, 6.07) is 6.51. The van der Waals surface area contributed by atoms with E-state index in [2.05, 4.69) is 37.5 Å². The van der Waals surface area contributed by atoms with E-state index in [1.807, 2.05) is 0 Å². The lowest BCUT2D eigenvalue weighted by molar-refractivity contribution is 0.726. The molecule has 0 unspecified atom stereocenters. The van der Waals surface area contributed by atoms with Crippen molar-refractivity contribution < 1.29 is 0 Å². The van der Waals surface area contributed by atoms with E-state index in [0.29, 0.717) is 0 Å². The Morgan fingerprint density at radius 3 is 2.67 bits per heavy atom. The Morgan fingerprint density at radius 2 is 2.08 bits per heavy atom. The molecule has 0 saturated carbocycles. The van der Waals surface area contributed by atoms with E-state index in [1.165, 1.54) is 16.7 Å². The van der Waals surface area contributed by atoms with Crippen molar-refractivity contribution in [2.45, 2.75) is 20.3 Å². The molecule has 1 aromatic carbocycles. The van der Waals surface area contributed by atoms with E-state index >= 15 is 0 Å². The number of hydrogen-bond donors (Lipinski definition) is 2. The SMILES string of the molecule is Cc1ccc(CCNN)c(C)c1. The number of rotatable bonds is 3. The van der Waals surface area contributed by atoms with Crippen molar-refractivity contribution in [1.29, 1.82) is 0 Å². The molecule has 3 N–H and O–H groups in total. The number of nitrogens with one attached hydrogen (secondary N) is 1. The summed E-state index contributed by atoms with van der Waals surface area (Å²) in [4.78, 5) is 0. The minimum absolute atomic E-state index is 0.837. The highest BCUT2D eigenvalue weighted by molar-refractivity contribution is 5.30. The summed E-state index contributed by atoms with van der Waals surface area (Å²) >= 11 is 0. The van der Waals surface area contributed by atoms with E-state index < -0.39 is 0 Å². The fourth-order valence-corrected chi connectivity index (χ4v) is 1.33. The number of nitrogens with two attached hydrogens (primary N) is 1. The second kappa shape index (κ2) is 4.24. The van der Waals surface area contributed by atoms with Crippen LogP contribution in [0.25, 0.3) is 0 Å². The van der Waals surface area contributed by atoms with Gasteiger partial charge in [-0.2, -0.15) is 0 Å². The third kappa shape index (κ3) is 2.32. The molecule has 2 heteroatoms. The highest BCUT2D eigenvalue weighted by Crippen LogP contribution is 2.10. The first-order chi connectivity index (χ1) is 5.74. The minimum Gasteiger partial charge on any atom is -0.271 e. The Morgan fingerprint density at radius 1 is 1.33 bits per heavy atom. The first-order valence-electron chi connectivity index (χ1n) is 4.23. The Labute approximate surface area is 73.8 Å². The van der Waals surface area contributed by atoms with Crippen molar-refractivity contribution in [3.8, 4) is 0 Å². The van der Waals surface area contributed by atoms with Gasteiger partial charge < -0.3 is 0 Å². The van der Waals surface area contributed by atoms with Gasteiger partial charge in [-0.15, -0.1) is 0 Å². The highest BCUT2D eigenvalue weighted by atomic mass is 15.2. The molecule has 0 heterocycles. The van der Waals surface area contributed by atoms with Crippen molar-refractivity contribution in [2.24, 2.45) is 5.84 Å². The molecule has 0 saturated heterocycles. The van der Waals surface area contributed by atoms with Crippen LogP contribution in [-0.2, 0) is 6.42 Å². The first-order valence-corrected chi connectivity index (χ1v) is 4.23. The zero-order valence-corrected chi connectivity index (χ0v) is 7.72. The highest BCUT2D eigenvalue weighted by Gasteiger charge is 1.96. The number of hydrogen-bond acceptors (Lipinski definition) is 2. The number of benzene rings is 1. The summed E-state index contributed by atoms with van der Waals surface area (Å²) < 4.78 is 0. The predicted molar refractivity (Wildman–Crippen MR) is 51.8 cm³/mol. The topological polar surface area (TPSA) is 38.0 Å². The Kier molecular flexibility index (Phi) is 3.26. The van der Waals surface area contributed by atoms with E-state index in [0.717, 1.165) is 13.0 Å². The quantitative estimate of drug-likeness (QED) is 0.522. The molecule has 0 fully saturated rings. The summed E-state index contributed by atoms with van der Waals surface area (Å²) in [7, 11) is 0. The molecule has 2 nitrogen and oxygen atoms in total. The van der Waals surface area contributed by atoms with Gasteiger partial charge in [-0.05, 0) is 31.4 Å². The molecule has 0 amide bonds. The normalized spacial score (nSPS) is 10.2. The molecule has 0 bridgehead atoms. The molecule has 0 aliphatic carbocycles. The Bertz CT molecular complexity index is 256. The lowest BCUT2D eigenvalue weighted by Crippen LogP contribution is -2.24. The molecule has 0 spiro atoms. The number of aryl methyl sites for hydroxylation is 2. The van der Waals surface area contributed by atoms with Gasteiger partial charge in [-0.1, -0.05) is 23.8 Å². The summed E-state index contributed by atoms with van der Waals surface area (Å²) in [6.07, 6.45) is 1.00. The van der Waals surface area contributed by atoms with Gasteiger partial charge in [0.2, 0.25) is 0 Å². The monoisotopic (exact) mass is 164 g/mol. The zero-order valence-electron chi connectivity index (χ0n) is 7.72. The summed E-state index contributed by atoms with van der Waals surface area (Å²) in [5, 5.41) is 0. The fourth-order valence-electron chi connectivity index (χ4n) is 1.33. The maximum absolute atomic E-state index is 5.21. The lowest BCUT2D eigenvalue weighted by atomic mass is 10.0. The van der Waals surface area contributed by atoms with Gasteiger partial charge in [-0.25, -0.2) is 0 Å². The van der Waals surface area contributed by atoms with Crippen LogP contribution in [0.1, 0.15) is 16.7 Å². The molecule has 0 aliphatic heterocycles. The van der Waals surface area contributed by atoms with Crippen LogP contribution in [-0.4, -0.2) is 6.54 Å². The van der Waals surface area contributed by atoms with Gasteiger partial charge in [0.25, 0.3) is 0 Å². The van der Waals surface area contributed by atoms with Crippen LogP contribution in [0.4, 0.5) is 0 Å². The van der Waals surface area contributed by atoms with Crippen molar-refractivity contribution in [1.82, 2.24) is 5.43 Å². The molecular weight excluding hydrogens is 148 g/mol. The van der Waals surface area contributed by atoms with E-state index in [9.17, 15) is 0 Å². The van der Waals surface area contributed by atoms with Crippen LogP contribution >= 0.6 is 0 Å². The molecule has 0 atom stereocenters. The van der Waals surface area contributed by atoms with Crippen LogP contribution < -0.4 is 11.3 Å². The summed E-state index contributed by atoms with van der Waals surface area (Å²) in [5.74, 6) is 5.21. The van der Waals surface area contributed by atoms with E-state index in [1.54, 1.807) is 0 Å². The molecule has 0 aromatic heterocycles. The van der Waals surface area contributed by atoms with Gasteiger partial charge in [-0.3, -0.25) is 11.3 Å². The first kappa shape index (κ1) is 9.23. The Balaban J connectivity index is 2.72. The van der Waals surface area contributed by atoms with Crippen LogP contribution in [0.2, 0.25) is 0 Å². The molecule has 0 aliphatic rings. The smallest absolute Gasteiger partial charge is 0.0138 e. The Hall–Kier alpha value is -0.860. The predicted octanol–water partition coefficient (Wildman–Crippen LogP) is 1.31. The van der Waals surface area contributed by atoms with Crippen LogP contribution in [0.3, 0.4) is 0 Å². The molecule has 66 valence electrons. The second-order valence-corrected chi connectivity index (χ2v) is 3.13. The van der Waals surface area contributed by atoms with Gasteiger partial charge in [0.05, 0.1) is 0 Å². The van der Waals surface area contributed by atoms with E-state index in [4.69, 9.17) is 5.84 Å². The largest absolute Gasteiger partial charge is 0.271 e. The average molecular weight is 164 g/mol. The van der Waals surface area contributed by atoms with Crippen molar-refractivity contribution in [3.63, 3.8) is 0 Å². The van der Waals surface area contributed by atoms with Gasteiger partial charge in [0.1, 0.15) is 0 Å². The molecule has 1 aromatic rings. The summed E-state index contributed by atoms with van der Waals surface area (Å²) in [5.41, 5.74) is 6.70. The van der Waals surface area contributed by atoms with Gasteiger partial charge >= 0.3 is 0 Å². The zero-order chi connectivity index (χ0) is 8.97. The van der Waals surface area contributed by atoms with Crippen molar-refractivity contribution >= 4 is 0 Å². The third-order valence-corrected chi connectivity index (χ3v) is 2.04. The van der Waals surface area contributed by atoms with Crippen LogP contribution in [0, 0.1) is 13.8 Å². The standard InChI is InChI=1S/C10H16N2/c1-8-3-4-10(5-6-12-11)9(2)7-8/h3-4,7,12H,5-6,11H2,1-2H3. The van der Waals surface area contributed by atoms with Crippen molar-refractivity contribution in [2.75, 3.05) is 6.54 Å². The maximum atomic E-state index is 5.21. The van der Waals surface area contributed by atoms with Gasteiger partial charge in [0.15, 0.2) is 0 Å².